The van der Waals surface area contributed by atoms with E-state index in [0.717, 1.165) is 5.69 Å². The molecule has 0 saturated heterocycles. The second-order valence-corrected chi connectivity index (χ2v) is 2.43. The smallest absolute Gasteiger partial charge is 0.129 e. The molecule has 0 spiro atoms. The molecule has 0 bridgehead atoms. The predicted octanol–water partition coefficient (Wildman–Crippen LogP) is 1.60. The van der Waals surface area contributed by atoms with Crippen molar-refractivity contribution < 1.29 is 0 Å². The highest BCUT2D eigenvalue weighted by Gasteiger charge is 2.25. The second-order valence-electron chi connectivity index (χ2n) is 2.43. The summed E-state index contributed by atoms with van der Waals surface area (Å²) in [6.45, 7) is 2.03. The van der Waals surface area contributed by atoms with E-state index < -0.39 is 0 Å². The number of hydrogen-bond donors (Lipinski definition) is 0. The molecule has 0 aromatic carbocycles. The average Bonchev–Trinajstić information content (AvgIpc) is 2.69. The maximum atomic E-state index is 4.18. The molecule has 2 heterocycles. The SMILES string of the molecule is CC1=NC1c1ccccn1. The monoisotopic (exact) mass is 132 g/mol. The Morgan fingerprint density at radius 2 is 2.20 bits per heavy atom. The Balaban J connectivity index is 2.22. The lowest BCUT2D eigenvalue weighted by Gasteiger charge is -1.91. The maximum Gasteiger partial charge on any atom is 0.129 e. The van der Waals surface area contributed by atoms with Gasteiger partial charge < -0.3 is 0 Å². The van der Waals surface area contributed by atoms with Crippen molar-refractivity contribution in [3.8, 4) is 0 Å². The fourth-order valence-corrected chi connectivity index (χ4v) is 0.984. The summed E-state index contributed by atoms with van der Waals surface area (Å²) >= 11 is 0. The number of aliphatic imine (C=N–C) groups is 1. The molecule has 0 amide bonds. The topological polar surface area (TPSA) is 25.2 Å². The van der Waals surface area contributed by atoms with Crippen LogP contribution in [0.3, 0.4) is 0 Å². The lowest BCUT2D eigenvalue weighted by molar-refractivity contribution is 1.03. The van der Waals surface area contributed by atoms with Gasteiger partial charge in [0.15, 0.2) is 0 Å². The minimum absolute atomic E-state index is 0.307. The van der Waals surface area contributed by atoms with E-state index in [1.54, 1.807) is 6.20 Å². The summed E-state index contributed by atoms with van der Waals surface area (Å²) in [5.41, 5.74) is 2.26. The third-order valence-corrected chi connectivity index (χ3v) is 1.63. The first-order chi connectivity index (χ1) is 4.88. The van der Waals surface area contributed by atoms with Crippen LogP contribution in [0.4, 0.5) is 0 Å². The van der Waals surface area contributed by atoms with Gasteiger partial charge in [-0.05, 0) is 19.1 Å². The summed E-state index contributed by atoms with van der Waals surface area (Å²) in [4.78, 5) is 8.36. The third-order valence-electron chi connectivity index (χ3n) is 1.63. The van der Waals surface area contributed by atoms with Crippen LogP contribution >= 0.6 is 0 Å². The van der Waals surface area contributed by atoms with Gasteiger partial charge in [-0.2, -0.15) is 0 Å². The van der Waals surface area contributed by atoms with Gasteiger partial charge >= 0.3 is 0 Å². The number of aromatic nitrogens is 1. The number of rotatable bonds is 1. The van der Waals surface area contributed by atoms with Crippen LogP contribution in [-0.2, 0) is 0 Å². The zero-order chi connectivity index (χ0) is 6.97. The molecule has 1 aromatic rings. The van der Waals surface area contributed by atoms with Crippen LogP contribution < -0.4 is 0 Å². The van der Waals surface area contributed by atoms with Crippen LogP contribution in [0.5, 0.6) is 0 Å². The quantitative estimate of drug-likeness (QED) is 0.569. The molecule has 2 nitrogen and oxygen atoms in total. The van der Waals surface area contributed by atoms with E-state index in [0.29, 0.717) is 6.04 Å². The predicted molar refractivity (Wildman–Crippen MR) is 40.1 cm³/mol. The first-order valence-electron chi connectivity index (χ1n) is 3.33. The van der Waals surface area contributed by atoms with E-state index in [4.69, 9.17) is 0 Å². The number of hydrogen-bond acceptors (Lipinski definition) is 2. The Morgan fingerprint density at radius 1 is 1.40 bits per heavy atom. The van der Waals surface area contributed by atoms with Crippen molar-refractivity contribution in [2.75, 3.05) is 0 Å². The van der Waals surface area contributed by atoms with Crippen molar-refractivity contribution >= 4 is 5.71 Å². The van der Waals surface area contributed by atoms with Gasteiger partial charge in [0.25, 0.3) is 0 Å². The van der Waals surface area contributed by atoms with Gasteiger partial charge in [-0.15, -0.1) is 0 Å². The first-order valence-corrected chi connectivity index (χ1v) is 3.33. The molecule has 2 rings (SSSR count). The molecular formula is C8H8N2. The van der Waals surface area contributed by atoms with Crippen molar-refractivity contribution in [3.05, 3.63) is 30.1 Å². The van der Waals surface area contributed by atoms with Crippen LogP contribution in [-0.4, -0.2) is 10.7 Å². The van der Waals surface area contributed by atoms with Crippen LogP contribution in [0.25, 0.3) is 0 Å². The van der Waals surface area contributed by atoms with Crippen molar-refractivity contribution in [1.29, 1.82) is 0 Å². The molecule has 0 aliphatic carbocycles. The molecule has 50 valence electrons. The molecule has 0 fully saturated rings. The van der Waals surface area contributed by atoms with E-state index in [-0.39, 0.29) is 0 Å². The summed E-state index contributed by atoms with van der Waals surface area (Å²) in [6.07, 6.45) is 1.80. The molecule has 2 heteroatoms. The van der Waals surface area contributed by atoms with Gasteiger partial charge in [-0.25, -0.2) is 0 Å². The van der Waals surface area contributed by atoms with Gasteiger partial charge in [0.05, 0.1) is 5.69 Å². The van der Waals surface area contributed by atoms with Gasteiger partial charge in [-0.1, -0.05) is 6.07 Å². The van der Waals surface area contributed by atoms with Crippen molar-refractivity contribution in [2.45, 2.75) is 13.0 Å². The highest BCUT2D eigenvalue weighted by Crippen LogP contribution is 2.28. The Labute approximate surface area is 59.6 Å². The number of pyridine rings is 1. The maximum absolute atomic E-state index is 4.18. The fourth-order valence-electron chi connectivity index (χ4n) is 0.984. The van der Waals surface area contributed by atoms with E-state index in [9.17, 15) is 0 Å². The zero-order valence-corrected chi connectivity index (χ0v) is 5.78. The van der Waals surface area contributed by atoms with Crippen molar-refractivity contribution in [1.82, 2.24) is 4.98 Å². The molecule has 0 N–H and O–H groups in total. The lowest BCUT2D eigenvalue weighted by Crippen LogP contribution is -1.88. The lowest BCUT2D eigenvalue weighted by atomic mass is 10.2. The minimum Gasteiger partial charge on any atom is -0.276 e. The fraction of sp³-hybridized carbons (Fsp3) is 0.250. The van der Waals surface area contributed by atoms with Crippen LogP contribution in [0.2, 0.25) is 0 Å². The third kappa shape index (κ3) is 0.817. The van der Waals surface area contributed by atoms with E-state index in [1.807, 2.05) is 25.1 Å². The molecule has 1 aromatic heterocycles. The summed E-state index contributed by atoms with van der Waals surface area (Å²) in [5, 5.41) is 0. The van der Waals surface area contributed by atoms with Gasteiger partial charge in [0, 0.05) is 11.9 Å². The largest absolute Gasteiger partial charge is 0.276 e. The number of nitrogens with zero attached hydrogens (tertiary/aromatic N) is 2. The Kier molecular flexibility index (Phi) is 1.07. The molecule has 1 aliphatic heterocycles. The van der Waals surface area contributed by atoms with E-state index in [2.05, 4.69) is 9.98 Å². The Morgan fingerprint density at radius 3 is 2.70 bits per heavy atom. The highest BCUT2D eigenvalue weighted by atomic mass is 15.0. The minimum atomic E-state index is 0.307. The van der Waals surface area contributed by atoms with Crippen molar-refractivity contribution in [3.63, 3.8) is 0 Å². The van der Waals surface area contributed by atoms with Gasteiger partial charge in [0.1, 0.15) is 6.04 Å². The molecule has 0 saturated carbocycles. The van der Waals surface area contributed by atoms with Crippen LogP contribution in [0, 0.1) is 0 Å². The normalized spacial score (nSPS) is 22.1. The van der Waals surface area contributed by atoms with Crippen LogP contribution in [0.15, 0.2) is 29.4 Å². The second kappa shape index (κ2) is 1.90. The van der Waals surface area contributed by atoms with Crippen molar-refractivity contribution in [2.24, 2.45) is 4.99 Å². The zero-order valence-electron chi connectivity index (χ0n) is 5.78. The standard InChI is InChI=1S/C8H8N2/c1-6-8(10-6)7-4-2-3-5-9-7/h2-5,8H,1H3. The molecule has 0 radical (unpaired) electrons. The first kappa shape index (κ1) is 5.59. The molecule has 1 unspecified atom stereocenters. The summed E-state index contributed by atoms with van der Waals surface area (Å²) in [7, 11) is 0. The molecular weight excluding hydrogens is 124 g/mol. The van der Waals surface area contributed by atoms with E-state index >= 15 is 0 Å². The Bertz CT molecular complexity index is 264. The average molecular weight is 132 g/mol. The van der Waals surface area contributed by atoms with E-state index in [1.165, 1.54) is 5.71 Å². The summed E-state index contributed by atoms with van der Waals surface area (Å²) < 4.78 is 0. The Hall–Kier alpha value is -1.18. The molecule has 1 atom stereocenters. The van der Waals surface area contributed by atoms with Gasteiger partial charge in [-0.3, -0.25) is 9.98 Å². The molecule has 10 heavy (non-hydrogen) atoms. The van der Waals surface area contributed by atoms with Crippen LogP contribution in [0.1, 0.15) is 18.7 Å². The summed E-state index contributed by atoms with van der Waals surface area (Å²) in [5.74, 6) is 0. The van der Waals surface area contributed by atoms with Gasteiger partial charge in [0.2, 0.25) is 0 Å². The summed E-state index contributed by atoms with van der Waals surface area (Å²) in [6, 6.07) is 6.22. The highest BCUT2D eigenvalue weighted by molar-refractivity contribution is 5.99. The molecule has 1 aliphatic rings.